The molecular weight excluding hydrogens is 258 g/mol. The van der Waals surface area contributed by atoms with E-state index in [1.165, 1.54) is 12.8 Å². The molecule has 1 aliphatic rings. The lowest BCUT2D eigenvalue weighted by atomic mass is 10.3. The molecule has 2 aromatic heterocycles. The van der Waals surface area contributed by atoms with Crippen LogP contribution in [0.5, 0.6) is 5.75 Å². The zero-order valence-corrected chi connectivity index (χ0v) is 11.7. The summed E-state index contributed by atoms with van der Waals surface area (Å²) in [6.45, 7) is 3.41. The van der Waals surface area contributed by atoms with Gasteiger partial charge in [-0.3, -0.25) is 4.98 Å². The minimum Gasteiger partial charge on any atom is -0.486 e. The Morgan fingerprint density at radius 3 is 2.84 bits per heavy atom. The van der Waals surface area contributed by atoms with E-state index < -0.39 is 0 Å². The van der Waals surface area contributed by atoms with Gasteiger partial charge in [-0.15, -0.1) is 11.3 Å². The number of hydrogen-bond donors (Lipinski definition) is 1. The maximum atomic E-state index is 5.69. The number of hydrogen-bond acceptors (Lipinski definition) is 5. The van der Waals surface area contributed by atoms with Crippen molar-refractivity contribution in [3.05, 3.63) is 40.1 Å². The highest BCUT2D eigenvalue weighted by Gasteiger charge is 2.19. The SMILES string of the molecule is Cc1ncc(COc2ccc(CNC3CC3)nc2)s1. The van der Waals surface area contributed by atoms with Crippen LogP contribution in [-0.4, -0.2) is 16.0 Å². The summed E-state index contributed by atoms with van der Waals surface area (Å²) in [4.78, 5) is 9.74. The van der Waals surface area contributed by atoms with E-state index in [1.807, 2.05) is 25.3 Å². The second-order valence-electron chi connectivity index (χ2n) is 4.77. The van der Waals surface area contributed by atoms with Crippen molar-refractivity contribution in [3.63, 3.8) is 0 Å². The summed E-state index contributed by atoms with van der Waals surface area (Å²) in [5.41, 5.74) is 1.06. The van der Waals surface area contributed by atoms with Crippen LogP contribution in [-0.2, 0) is 13.2 Å². The maximum absolute atomic E-state index is 5.69. The molecule has 0 radical (unpaired) electrons. The van der Waals surface area contributed by atoms with Crippen LogP contribution in [0, 0.1) is 6.92 Å². The summed E-state index contributed by atoms with van der Waals surface area (Å²) >= 11 is 1.66. The lowest BCUT2D eigenvalue weighted by Crippen LogP contribution is -2.16. The Bertz CT molecular complexity index is 534. The molecule has 1 fully saturated rings. The third kappa shape index (κ3) is 3.75. The number of nitrogens with one attached hydrogen (secondary N) is 1. The molecule has 4 nitrogen and oxygen atoms in total. The van der Waals surface area contributed by atoms with Crippen molar-refractivity contribution in [1.82, 2.24) is 15.3 Å². The first-order chi connectivity index (χ1) is 9.29. The first-order valence-corrected chi connectivity index (χ1v) is 7.34. The number of aromatic nitrogens is 2. The fourth-order valence-corrected chi connectivity index (χ4v) is 2.47. The van der Waals surface area contributed by atoms with E-state index in [0.29, 0.717) is 12.6 Å². The Morgan fingerprint density at radius 2 is 2.21 bits per heavy atom. The number of aryl methyl sites for hydroxylation is 1. The molecule has 2 aromatic rings. The van der Waals surface area contributed by atoms with Crippen LogP contribution in [0.25, 0.3) is 0 Å². The van der Waals surface area contributed by atoms with Crippen molar-refractivity contribution in [2.24, 2.45) is 0 Å². The molecule has 1 saturated carbocycles. The third-order valence-electron chi connectivity index (χ3n) is 3.00. The zero-order valence-electron chi connectivity index (χ0n) is 10.9. The van der Waals surface area contributed by atoms with Crippen LogP contribution in [0.2, 0.25) is 0 Å². The number of pyridine rings is 1. The minimum absolute atomic E-state index is 0.562. The van der Waals surface area contributed by atoms with Gasteiger partial charge in [-0.25, -0.2) is 4.98 Å². The Hall–Kier alpha value is -1.46. The monoisotopic (exact) mass is 275 g/mol. The minimum atomic E-state index is 0.562. The average molecular weight is 275 g/mol. The summed E-state index contributed by atoms with van der Waals surface area (Å²) in [6, 6.07) is 4.71. The maximum Gasteiger partial charge on any atom is 0.138 e. The van der Waals surface area contributed by atoms with Gasteiger partial charge in [0.05, 0.1) is 21.8 Å². The Kier molecular flexibility index (Phi) is 3.75. The Labute approximate surface area is 116 Å². The van der Waals surface area contributed by atoms with Gasteiger partial charge in [0.1, 0.15) is 12.4 Å². The van der Waals surface area contributed by atoms with Crippen molar-refractivity contribution >= 4 is 11.3 Å². The zero-order chi connectivity index (χ0) is 13.1. The average Bonchev–Trinajstić information content (AvgIpc) is 3.17. The van der Waals surface area contributed by atoms with Crippen LogP contribution in [0.4, 0.5) is 0 Å². The molecule has 0 aromatic carbocycles. The van der Waals surface area contributed by atoms with Gasteiger partial charge in [-0.05, 0) is 31.9 Å². The van der Waals surface area contributed by atoms with E-state index in [9.17, 15) is 0 Å². The van der Waals surface area contributed by atoms with Crippen molar-refractivity contribution in [3.8, 4) is 5.75 Å². The molecule has 1 aliphatic carbocycles. The van der Waals surface area contributed by atoms with E-state index >= 15 is 0 Å². The Balaban J connectivity index is 1.50. The molecular formula is C14H17N3OS. The van der Waals surface area contributed by atoms with E-state index in [1.54, 1.807) is 17.5 Å². The van der Waals surface area contributed by atoms with E-state index in [4.69, 9.17) is 4.74 Å². The number of rotatable bonds is 6. The lowest BCUT2D eigenvalue weighted by Gasteiger charge is -2.06. The summed E-state index contributed by atoms with van der Waals surface area (Å²) < 4.78 is 5.69. The molecule has 3 rings (SSSR count). The van der Waals surface area contributed by atoms with Crippen molar-refractivity contribution in [2.75, 3.05) is 0 Å². The molecule has 19 heavy (non-hydrogen) atoms. The quantitative estimate of drug-likeness (QED) is 0.880. The van der Waals surface area contributed by atoms with Crippen molar-refractivity contribution in [1.29, 1.82) is 0 Å². The summed E-state index contributed by atoms with van der Waals surface area (Å²) in [7, 11) is 0. The first kappa shape index (κ1) is 12.6. The fourth-order valence-electron chi connectivity index (χ4n) is 1.76. The van der Waals surface area contributed by atoms with Gasteiger partial charge in [-0.1, -0.05) is 0 Å². The second-order valence-corrected chi connectivity index (χ2v) is 6.09. The topological polar surface area (TPSA) is 47.0 Å². The predicted molar refractivity (Wildman–Crippen MR) is 75.3 cm³/mol. The van der Waals surface area contributed by atoms with Crippen LogP contribution in [0.3, 0.4) is 0 Å². The van der Waals surface area contributed by atoms with Crippen LogP contribution < -0.4 is 10.1 Å². The van der Waals surface area contributed by atoms with Gasteiger partial charge in [0.25, 0.3) is 0 Å². The van der Waals surface area contributed by atoms with Gasteiger partial charge in [0.2, 0.25) is 0 Å². The molecule has 0 unspecified atom stereocenters. The largest absolute Gasteiger partial charge is 0.486 e. The van der Waals surface area contributed by atoms with Crippen LogP contribution >= 0.6 is 11.3 Å². The van der Waals surface area contributed by atoms with Crippen molar-refractivity contribution in [2.45, 2.75) is 39.0 Å². The van der Waals surface area contributed by atoms with E-state index in [2.05, 4.69) is 15.3 Å². The Morgan fingerprint density at radius 1 is 1.32 bits per heavy atom. The molecule has 2 heterocycles. The lowest BCUT2D eigenvalue weighted by molar-refractivity contribution is 0.308. The van der Waals surface area contributed by atoms with Gasteiger partial charge in [0, 0.05) is 18.8 Å². The molecule has 0 bridgehead atoms. The fraction of sp³-hybridized carbons (Fsp3) is 0.429. The molecule has 0 spiro atoms. The third-order valence-corrected chi connectivity index (χ3v) is 3.88. The molecule has 0 atom stereocenters. The molecule has 0 amide bonds. The number of ether oxygens (including phenoxy) is 1. The summed E-state index contributed by atoms with van der Waals surface area (Å²) in [5, 5.41) is 4.51. The van der Waals surface area contributed by atoms with E-state index in [0.717, 1.165) is 27.9 Å². The highest BCUT2D eigenvalue weighted by atomic mass is 32.1. The highest BCUT2D eigenvalue weighted by Crippen LogP contribution is 2.19. The molecule has 0 aliphatic heterocycles. The molecule has 5 heteroatoms. The van der Waals surface area contributed by atoms with Gasteiger partial charge in [-0.2, -0.15) is 0 Å². The predicted octanol–water partition coefficient (Wildman–Crippen LogP) is 2.68. The number of nitrogens with zero attached hydrogens (tertiary/aromatic N) is 2. The van der Waals surface area contributed by atoms with Gasteiger partial charge in [0.15, 0.2) is 0 Å². The first-order valence-electron chi connectivity index (χ1n) is 6.52. The smallest absolute Gasteiger partial charge is 0.138 e. The number of thiazole rings is 1. The standard InChI is InChI=1S/C14H17N3OS/c1-10-15-8-14(19-10)9-18-13-5-4-12(17-7-13)6-16-11-2-3-11/h4-5,7-8,11,16H,2-3,6,9H2,1H3. The second kappa shape index (κ2) is 5.67. The van der Waals surface area contributed by atoms with E-state index in [-0.39, 0.29) is 0 Å². The van der Waals surface area contributed by atoms with Crippen LogP contribution in [0.1, 0.15) is 28.4 Å². The van der Waals surface area contributed by atoms with Crippen molar-refractivity contribution < 1.29 is 4.74 Å². The van der Waals surface area contributed by atoms with Crippen LogP contribution in [0.15, 0.2) is 24.5 Å². The molecule has 1 N–H and O–H groups in total. The normalized spacial score (nSPS) is 14.6. The van der Waals surface area contributed by atoms with Gasteiger partial charge < -0.3 is 10.1 Å². The summed E-state index contributed by atoms with van der Waals surface area (Å²) in [5.74, 6) is 0.807. The highest BCUT2D eigenvalue weighted by molar-refractivity contribution is 7.11. The summed E-state index contributed by atoms with van der Waals surface area (Å²) in [6.07, 6.45) is 6.25. The molecule has 100 valence electrons. The molecule has 0 saturated heterocycles. The van der Waals surface area contributed by atoms with Gasteiger partial charge >= 0.3 is 0 Å².